The van der Waals surface area contributed by atoms with E-state index in [0.717, 1.165) is 11.4 Å². The molecule has 0 unspecified atom stereocenters. The van der Waals surface area contributed by atoms with Gasteiger partial charge in [0, 0.05) is 16.9 Å². The van der Waals surface area contributed by atoms with Crippen LogP contribution in [-0.4, -0.2) is 17.2 Å². The van der Waals surface area contributed by atoms with Gasteiger partial charge in [-0.15, -0.1) is 0 Å². The monoisotopic (exact) mass is 293 g/mol. The summed E-state index contributed by atoms with van der Waals surface area (Å²) in [6.45, 7) is 0. The fourth-order valence-corrected chi connectivity index (χ4v) is 1.81. The molecule has 2 N–H and O–H groups in total. The first-order chi connectivity index (χ1) is 9.17. The van der Waals surface area contributed by atoms with E-state index in [-0.39, 0.29) is 0 Å². The molecule has 1 heterocycles. The van der Waals surface area contributed by atoms with Crippen molar-refractivity contribution in [2.24, 2.45) is 0 Å². The average molecular weight is 294 g/mol. The van der Waals surface area contributed by atoms with Crippen LogP contribution in [0.5, 0.6) is 5.75 Å². The Labute approximate surface area is 121 Å². The van der Waals surface area contributed by atoms with Crippen LogP contribution in [0.2, 0.25) is 5.02 Å². The first-order valence-electron chi connectivity index (χ1n) is 5.51. The molecule has 19 heavy (non-hydrogen) atoms. The van der Waals surface area contributed by atoms with Crippen LogP contribution in [0.3, 0.4) is 0 Å². The molecule has 0 aliphatic carbocycles. The van der Waals surface area contributed by atoms with Crippen molar-refractivity contribution in [3.8, 4) is 5.75 Å². The summed E-state index contributed by atoms with van der Waals surface area (Å²) in [5.41, 5.74) is 0.861. The number of anilines is 2. The minimum Gasteiger partial charge on any atom is -0.497 e. The Morgan fingerprint density at radius 3 is 2.58 bits per heavy atom. The molecule has 0 aliphatic heterocycles. The van der Waals surface area contributed by atoms with E-state index in [9.17, 15) is 0 Å². The quantitative estimate of drug-likeness (QED) is 0.848. The molecule has 2 rings (SSSR count). The van der Waals surface area contributed by atoms with Crippen molar-refractivity contribution in [3.05, 3.63) is 47.6 Å². The number of pyridine rings is 1. The summed E-state index contributed by atoms with van der Waals surface area (Å²) in [4.78, 5) is 4.11. The lowest BCUT2D eigenvalue weighted by molar-refractivity contribution is 0.415. The smallest absolute Gasteiger partial charge is 0.176 e. The Kier molecular flexibility index (Phi) is 4.54. The number of halogens is 1. The van der Waals surface area contributed by atoms with Crippen LogP contribution in [0.25, 0.3) is 0 Å². The number of methoxy groups -OCH3 is 1. The summed E-state index contributed by atoms with van der Waals surface area (Å²) in [6.07, 6.45) is 1.61. The van der Waals surface area contributed by atoms with Crippen LogP contribution in [0.1, 0.15) is 0 Å². The number of thiocarbonyl (C=S) groups is 1. The predicted molar refractivity (Wildman–Crippen MR) is 82.1 cm³/mol. The van der Waals surface area contributed by atoms with Gasteiger partial charge in [0.25, 0.3) is 0 Å². The maximum Gasteiger partial charge on any atom is 0.176 e. The molecule has 0 radical (unpaired) electrons. The Morgan fingerprint density at radius 2 is 1.95 bits per heavy atom. The fraction of sp³-hybridized carbons (Fsp3) is 0.0769. The molecular formula is C13H12ClN3OS. The van der Waals surface area contributed by atoms with E-state index in [2.05, 4.69) is 15.6 Å². The van der Waals surface area contributed by atoms with Gasteiger partial charge in [-0.2, -0.15) is 0 Å². The predicted octanol–water partition coefficient (Wildman–Crippen LogP) is 3.55. The average Bonchev–Trinajstić information content (AvgIpc) is 2.39. The van der Waals surface area contributed by atoms with Crippen LogP contribution in [0, 0.1) is 0 Å². The van der Waals surface area contributed by atoms with Crippen LogP contribution in [0.4, 0.5) is 11.5 Å². The van der Waals surface area contributed by atoms with Crippen molar-refractivity contribution in [3.63, 3.8) is 0 Å². The third-order valence-electron chi connectivity index (χ3n) is 2.31. The molecule has 0 aliphatic rings. The summed E-state index contributed by atoms with van der Waals surface area (Å²) >= 11 is 11.1. The van der Waals surface area contributed by atoms with Gasteiger partial charge >= 0.3 is 0 Å². The van der Waals surface area contributed by atoms with Gasteiger partial charge in [-0.05, 0) is 48.6 Å². The van der Waals surface area contributed by atoms with Gasteiger partial charge in [0.1, 0.15) is 11.6 Å². The number of ether oxygens (including phenoxy) is 1. The summed E-state index contributed by atoms with van der Waals surface area (Å²) in [5, 5.41) is 7.04. The third kappa shape index (κ3) is 4.08. The highest BCUT2D eigenvalue weighted by Gasteiger charge is 2.01. The van der Waals surface area contributed by atoms with E-state index in [1.165, 1.54) is 0 Å². The third-order valence-corrected chi connectivity index (χ3v) is 2.75. The van der Waals surface area contributed by atoms with Crippen LogP contribution in [0.15, 0.2) is 42.6 Å². The van der Waals surface area contributed by atoms with E-state index < -0.39 is 0 Å². The molecule has 0 fully saturated rings. The molecule has 0 bridgehead atoms. The highest BCUT2D eigenvalue weighted by Crippen LogP contribution is 2.16. The minimum absolute atomic E-state index is 0.444. The molecule has 1 aromatic carbocycles. The zero-order valence-electron chi connectivity index (χ0n) is 10.2. The topological polar surface area (TPSA) is 46.2 Å². The first-order valence-corrected chi connectivity index (χ1v) is 6.29. The molecule has 0 saturated carbocycles. The number of nitrogens with zero attached hydrogens (tertiary/aromatic N) is 1. The molecule has 0 amide bonds. The largest absolute Gasteiger partial charge is 0.497 e. The second kappa shape index (κ2) is 6.36. The normalized spacial score (nSPS) is 9.79. The summed E-state index contributed by atoms with van der Waals surface area (Å²) in [7, 11) is 1.62. The van der Waals surface area contributed by atoms with E-state index in [0.29, 0.717) is 16.0 Å². The van der Waals surface area contributed by atoms with E-state index in [1.807, 2.05) is 24.3 Å². The van der Waals surface area contributed by atoms with Crippen molar-refractivity contribution in [2.75, 3.05) is 17.7 Å². The lowest BCUT2D eigenvalue weighted by Gasteiger charge is -2.10. The van der Waals surface area contributed by atoms with Gasteiger partial charge in [-0.25, -0.2) is 4.98 Å². The number of hydrogen-bond donors (Lipinski definition) is 2. The molecule has 2 aromatic rings. The Hall–Kier alpha value is -1.85. The fourth-order valence-electron chi connectivity index (χ4n) is 1.43. The van der Waals surface area contributed by atoms with Crippen LogP contribution < -0.4 is 15.4 Å². The number of rotatable bonds is 3. The molecule has 98 valence electrons. The van der Waals surface area contributed by atoms with Gasteiger partial charge in [0.2, 0.25) is 0 Å². The minimum atomic E-state index is 0.444. The van der Waals surface area contributed by atoms with Crippen molar-refractivity contribution in [2.45, 2.75) is 0 Å². The van der Waals surface area contributed by atoms with Crippen LogP contribution in [-0.2, 0) is 0 Å². The van der Waals surface area contributed by atoms with Crippen molar-refractivity contribution in [1.29, 1.82) is 0 Å². The second-order valence-corrected chi connectivity index (χ2v) is 4.51. The first kappa shape index (κ1) is 13.6. The van der Waals surface area contributed by atoms with Gasteiger partial charge in [0.15, 0.2) is 5.11 Å². The summed E-state index contributed by atoms with van der Waals surface area (Å²) < 4.78 is 5.08. The van der Waals surface area contributed by atoms with Crippen molar-refractivity contribution < 1.29 is 4.74 Å². The zero-order valence-corrected chi connectivity index (χ0v) is 11.8. The summed E-state index contributed by atoms with van der Waals surface area (Å²) in [6, 6.07) is 10.8. The number of hydrogen-bond acceptors (Lipinski definition) is 3. The van der Waals surface area contributed by atoms with Crippen molar-refractivity contribution in [1.82, 2.24) is 4.98 Å². The van der Waals surface area contributed by atoms with Gasteiger partial charge in [-0.3, -0.25) is 0 Å². The van der Waals surface area contributed by atoms with Crippen LogP contribution >= 0.6 is 23.8 Å². The molecule has 0 spiro atoms. The maximum atomic E-state index is 5.86. The Balaban J connectivity index is 1.97. The highest BCUT2D eigenvalue weighted by atomic mass is 35.5. The Morgan fingerprint density at radius 1 is 1.21 bits per heavy atom. The van der Waals surface area contributed by atoms with E-state index in [4.69, 9.17) is 28.6 Å². The molecule has 0 saturated heterocycles. The van der Waals surface area contributed by atoms with E-state index in [1.54, 1.807) is 25.4 Å². The molecule has 4 nitrogen and oxygen atoms in total. The molecule has 1 aromatic heterocycles. The SMILES string of the molecule is COc1ccc(NC(=S)Nc2cc(Cl)ccn2)cc1. The lowest BCUT2D eigenvalue weighted by Crippen LogP contribution is -2.19. The number of aromatic nitrogens is 1. The molecular weight excluding hydrogens is 282 g/mol. The molecule has 0 atom stereocenters. The number of nitrogens with one attached hydrogen (secondary N) is 2. The van der Waals surface area contributed by atoms with Gasteiger partial charge in [-0.1, -0.05) is 11.6 Å². The number of benzene rings is 1. The second-order valence-electron chi connectivity index (χ2n) is 3.67. The standard InChI is InChI=1S/C13H12ClN3OS/c1-18-11-4-2-10(3-5-11)16-13(19)17-12-8-9(14)6-7-15-12/h2-8H,1H3,(H2,15,16,17,19). The van der Waals surface area contributed by atoms with Crippen molar-refractivity contribution >= 4 is 40.4 Å². The summed E-state index contributed by atoms with van der Waals surface area (Å²) in [5.74, 6) is 1.39. The van der Waals surface area contributed by atoms with Gasteiger partial charge < -0.3 is 15.4 Å². The maximum absolute atomic E-state index is 5.86. The van der Waals surface area contributed by atoms with E-state index >= 15 is 0 Å². The highest BCUT2D eigenvalue weighted by molar-refractivity contribution is 7.80. The lowest BCUT2D eigenvalue weighted by atomic mass is 10.3. The zero-order chi connectivity index (χ0) is 13.7. The van der Waals surface area contributed by atoms with Gasteiger partial charge in [0.05, 0.1) is 7.11 Å². The Bertz CT molecular complexity index is 574. The molecule has 6 heteroatoms.